The minimum Gasteiger partial charge on any atom is -0.598 e. The quantitative estimate of drug-likeness (QED) is 0.615. The highest BCUT2D eigenvalue weighted by molar-refractivity contribution is 7.90. The molecule has 1 heterocycles. The Morgan fingerprint density at radius 2 is 1.75 bits per heavy atom. The third-order valence-corrected chi connectivity index (χ3v) is 6.41. The fraction of sp³-hybridized carbons (Fsp3) is 0.348. The highest BCUT2D eigenvalue weighted by Crippen LogP contribution is 2.31. The second-order valence-electron chi connectivity index (χ2n) is 8.20. The summed E-state index contributed by atoms with van der Waals surface area (Å²) in [4.78, 5) is 13.1. The fourth-order valence-electron chi connectivity index (χ4n) is 3.15. The number of hydrogen-bond donors (Lipinski definition) is 1. The van der Waals surface area contributed by atoms with Crippen LogP contribution in [0.5, 0.6) is 0 Å². The van der Waals surface area contributed by atoms with Gasteiger partial charge in [0, 0.05) is 28.1 Å². The standard InChI is InChI=1S/C23H27NO3S/c1-14-12-18(16(3)24-28(26)23(4,5)6)22-19(13-14)20(25)15(2)21(27-22)17-10-8-7-9-11-17/h7-13,16,24H,1-6H3/t16-,28-/m1/s1. The van der Waals surface area contributed by atoms with Crippen molar-refractivity contribution in [2.75, 3.05) is 0 Å². The molecule has 0 fully saturated rings. The van der Waals surface area contributed by atoms with Crippen LogP contribution in [-0.2, 0) is 11.4 Å². The molecular formula is C23H27NO3S. The predicted octanol–water partition coefficient (Wildman–Crippen LogP) is 5.19. The third-order valence-electron chi connectivity index (χ3n) is 4.73. The Kier molecular flexibility index (Phi) is 5.71. The molecule has 2 atom stereocenters. The van der Waals surface area contributed by atoms with E-state index in [2.05, 4.69) is 4.72 Å². The molecule has 5 heteroatoms. The molecule has 1 aromatic heterocycles. The monoisotopic (exact) mass is 397 g/mol. The molecule has 0 spiro atoms. The summed E-state index contributed by atoms with van der Waals surface area (Å²) in [5.41, 5.74) is 3.78. The topological polar surface area (TPSA) is 65.3 Å². The number of rotatable bonds is 4. The van der Waals surface area contributed by atoms with Crippen molar-refractivity contribution in [3.63, 3.8) is 0 Å². The average molecular weight is 398 g/mol. The lowest BCUT2D eigenvalue weighted by atomic mass is 9.99. The van der Waals surface area contributed by atoms with Crippen LogP contribution in [0.15, 0.2) is 51.7 Å². The summed E-state index contributed by atoms with van der Waals surface area (Å²) in [5, 5.41) is 0.558. The summed E-state index contributed by atoms with van der Waals surface area (Å²) >= 11 is -1.24. The van der Waals surface area contributed by atoms with E-state index in [1.165, 1.54) is 0 Å². The first kappa shape index (κ1) is 20.6. The second kappa shape index (κ2) is 7.74. The maximum atomic E-state index is 13.1. The van der Waals surface area contributed by atoms with Crippen LogP contribution in [0, 0.1) is 13.8 Å². The molecule has 148 valence electrons. The van der Waals surface area contributed by atoms with Crippen molar-refractivity contribution in [2.24, 2.45) is 0 Å². The summed E-state index contributed by atoms with van der Waals surface area (Å²) < 4.78 is 21.7. The molecule has 0 aliphatic heterocycles. The molecule has 28 heavy (non-hydrogen) atoms. The highest BCUT2D eigenvalue weighted by atomic mass is 32.2. The number of benzene rings is 2. The second-order valence-corrected chi connectivity index (χ2v) is 10.2. The summed E-state index contributed by atoms with van der Waals surface area (Å²) in [7, 11) is 0. The molecule has 4 nitrogen and oxygen atoms in total. The zero-order valence-corrected chi connectivity index (χ0v) is 18.1. The Hall–Kier alpha value is -2.08. The molecule has 0 bridgehead atoms. The minimum atomic E-state index is -1.24. The van der Waals surface area contributed by atoms with E-state index in [9.17, 15) is 9.35 Å². The Bertz CT molecular complexity index is 1050. The molecule has 0 radical (unpaired) electrons. The number of nitrogens with one attached hydrogen (secondary N) is 1. The van der Waals surface area contributed by atoms with Gasteiger partial charge in [-0.15, -0.1) is 4.72 Å². The van der Waals surface area contributed by atoms with Gasteiger partial charge in [-0.3, -0.25) is 4.79 Å². The summed E-state index contributed by atoms with van der Waals surface area (Å²) in [6.07, 6.45) is 0. The zero-order chi connectivity index (χ0) is 20.6. The van der Waals surface area contributed by atoms with Crippen molar-refractivity contribution in [1.29, 1.82) is 0 Å². The third kappa shape index (κ3) is 4.02. The Balaban J connectivity index is 2.21. The molecule has 0 unspecified atom stereocenters. The van der Waals surface area contributed by atoms with Crippen LogP contribution < -0.4 is 10.2 Å². The molecule has 0 saturated heterocycles. The van der Waals surface area contributed by atoms with Gasteiger partial charge < -0.3 is 8.97 Å². The van der Waals surface area contributed by atoms with E-state index in [-0.39, 0.29) is 16.2 Å². The van der Waals surface area contributed by atoms with Gasteiger partial charge in [0.2, 0.25) is 0 Å². The molecular weight excluding hydrogens is 370 g/mol. The van der Waals surface area contributed by atoms with Gasteiger partial charge in [0.1, 0.15) is 16.1 Å². The molecule has 0 aliphatic rings. The van der Waals surface area contributed by atoms with Crippen LogP contribution in [0.25, 0.3) is 22.3 Å². The molecule has 3 aromatic rings. The van der Waals surface area contributed by atoms with Crippen LogP contribution in [-0.4, -0.2) is 9.30 Å². The van der Waals surface area contributed by atoms with Gasteiger partial charge in [-0.05, 0) is 53.2 Å². The van der Waals surface area contributed by atoms with Gasteiger partial charge in [-0.2, -0.15) is 0 Å². The lowest BCUT2D eigenvalue weighted by Crippen LogP contribution is -2.40. The van der Waals surface area contributed by atoms with Gasteiger partial charge in [0.15, 0.2) is 5.43 Å². The first-order valence-corrected chi connectivity index (χ1v) is 10.6. The van der Waals surface area contributed by atoms with Gasteiger partial charge >= 0.3 is 0 Å². The van der Waals surface area contributed by atoms with Gasteiger partial charge in [-0.1, -0.05) is 36.4 Å². The maximum absolute atomic E-state index is 13.1. The van der Waals surface area contributed by atoms with Crippen LogP contribution in [0.4, 0.5) is 0 Å². The van der Waals surface area contributed by atoms with E-state index in [0.29, 0.717) is 22.3 Å². The van der Waals surface area contributed by atoms with E-state index >= 15 is 0 Å². The van der Waals surface area contributed by atoms with Crippen molar-refractivity contribution in [1.82, 2.24) is 4.72 Å². The number of aryl methyl sites for hydroxylation is 1. The first-order chi connectivity index (χ1) is 13.1. The van der Waals surface area contributed by atoms with E-state index in [1.807, 2.05) is 77.1 Å². The van der Waals surface area contributed by atoms with Crippen LogP contribution in [0.3, 0.4) is 0 Å². The smallest absolute Gasteiger partial charge is 0.196 e. The van der Waals surface area contributed by atoms with Crippen LogP contribution in [0.1, 0.15) is 50.4 Å². The van der Waals surface area contributed by atoms with E-state index in [0.717, 1.165) is 16.7 Å². The average Bonchev–Trinajstić information content (AvgIpc) is 2.64. The molecule has 1 N–H and O–H groups in total. The number of hydrogen-bond acceptors (Lipinski definition) is 4. The minimum absolute atomic E-state index is 0.0332. The van der Waals surface area contributed by atoms with Crippen LogP contribution in [0.2, 0.25) is 0 Å². The molecule has 0 amide bonds. The Morgan fingerprint density at radius 3 is 2.36 bits per heavy atom. The van der Waals surface area contributed by atoms with E-state index in [1.54, 1.807) is 6.92 Å². The zero-order valence-electron chi connectivity index (χ0n) is 17.3. The van der Waals surface area contributed by atoms with Crippen molar-refractivity contribution >= 4 is 22.3 Å². The fourth-order valence-corrected chi connectivity index (χ4v) is 3.96. The largest absolute Gasteiger partial charge is 0.598 e. The van der Waals surface area contributed by atoms with Gasteiger partial charge in [-0.25, -0.2) is 0 Å². The predicted molar refractivity (Wildman–Crippen MR) is 117 cm³/mol. The summed E-state index contributed by atoms with van der Waals surface area (Å²) in [6, 6.07) is 13.3. The van der Waals surface area contributed by atoms with Crippen molar-refractivity contribution in [3.8, 4) is 11.3 Å². The van der Waals surface area contributed by atoms with Crippen molar-refractivity contribution in [2.45, 2.75) is 52.3 Å². The number of fused-ring (bicyclic) bond motifs is 1. The molecule has 0 aliphatic carbocycles. The molecule has 3 rings (SSSR count). The van der Waals surface area contributed by atoms with Crippen molar-refractivity contribution < 1.29 is 8.97 Å². The van der Waals surface area contributed by atoms with Crippen molar-refractivity contribution in [3.05, 3.63) is 69.4 Å². The van der Waals surface area contributed by atoms with E-state index in [4.69, 9.17) is 4.42 Å². The highest BCUT2D eigenvalue weighted by Gasteiger charge is 2.29. The summed E-state index contributed by atoms with van der Waals surface area (Å²) in [6.45, 7) is 11.5. The lowest BCUT2D eigenvalue weighted by Gasteiger charge is -2.27. The Morgan fingerprint density at radius 1 is 1.11 bits per heavy atom. The normalized spacial score (nSPS) is 14.2. The summed E-state index contributed by atoms with van der Waals surface area (Å²) in [5.74, 6) is 0.576. The SMILES string of the molecule is Cc1cc([C@@H](C)N[S@+]([O-])C(C)(C)C)c2oc(-c3ccccc3)c(C)c(=O)c2c1. The van der Waals surface area contributed by atoms with Crippen LogP contribution >= 0.6 is 0 Å². The maximum Gasteiger partial charge on any atom is 0.196 e. The first-order valence-electron chi connectivity index (χ1n) is 9.41. The molecule has 2 aromatic carbocycles. The van der Waals surface area contributed by atoms with Gasteiger partial charge in [0.25, 0.3) is 0 Å². The van der Waals surface area contributed by atoms with Gasteiger partial charge in [0.05, 0.1) is 11.4 Å². The Labute approximate surface area is 169 Å². The lowest BCUT2D eigenvalue weighted by molar-refractivity contribution is 0.529. The van der Waals surface area contributed by atoms with E-state index < -0.39 is 11.4 Å². The molecule has 0 saturated carbocycles.